The second kappa shape index (κ2) is 8.93. The Kier molecular flexibility index (Phi) is 6.71. The molecular weight excluding hydrogens is 412 g/mol. The van der Waals surface area contributed by atoms with Crippen molar-refractivity contribution in [2.45, 2.75) is 39.2 Å². The molecule has 2 aliphatic rings. The maximum atomic E-state index is 13.5. The van der Waals surface area contributed by atoms with Crippen LogP contribution in [-0.4, -0.2) is 61.6 Å². The summed E-state index contributed by atoms with van der Waals surface area (Å²) in [7, 11) is 3.04. The predicted molar refractivity (Wildman–Crippen MR) is 110 cm³/mol. The third-order valence-electron chi connectivity index (χ3n) is 5.65. The number of benzene rings is 1. The van der Waals surface area contributed by atoms with Crippen LogP contribution in [0, 0.1) is 13.8 Å². The number of piperidine rings is 1. The third kappa shape index (κ3) is 3.80. The van der Waals surface area contributed by atoms with E-state index in [4.69, 9.17) is 30.7 Å². The molecule has 2 aliphatic heterocycles. The average Bonchev–Trinajstić information content (AvgIpc) is 2.92. The van der Waals surface area contributed by atoms with E-state index in [0.29, 0.717) is 36.5 Å². The molecule has 9 heteroatoms. The summed E-state index contributed by atoms with van der Waals surface area (Å²) in [6.07, 6.45) is 0.0711. The molecule has 1 aromatic carbocycles. The number of aryl methyl sites for hydroxylation is 2. The molecule has 0 aliphatic carbocycles. The number of ether oxygens (including phenoxy) is 2. The zero-order valence-corrected chi connectivity index (χ0v) is 18.7. The van der Waals surface area contributed by atoms with Crippen LogP contribution in [0.3, 0.4) is 0 Å². The quantitative estimate of drug-likeness (QED) is 0.649. The molecule has 30 heavy (non-hydrogen) atoms. The van der Waals surface area contributed by atoms with E-state index < -0.39 is 11.7 Å². The summed E-state index contributed by atoms with van der Waals surface area (Å²) in [5.41, 5.74) is 1.60. The van der Waals surface area contributed by atoms with Gasteiger partial charge in [0.05, 0.1) is 26.4 Å². The number of carbonyl (C=O) groups is 2. The Morgan fingerprint density at radius 1 is 1.13 bits per heavy atom. The van der Waals surface area contributed by atoms with Gasteiger partial charge in [-0.25, -0.2) is 9.86 Å². The lowest BCUT2D eigenvalue weighted by Crippen LogP contribution is -2.55. The summed E-state index contributed by atoms with van der Waals surface area (Å²) in [4.78, 5) is 36.7. The van der Waals surface area contributed by atoms with Crippen molar-refractivity contribution in [2.24, 2.45) is 0 Å². The number of rotatable bonds is 5. The normalized spacial score (nSPS) is 19.0. The first-order chi connectivity index (χ1) is 14.3. The minimum Gasteiger partial charge on any atom is -0.434 e. The van der Waals surface area contributed by atoms with E-state index in [1.165, 1.54) is 12.2 Å². The predicted octanol–water partition coefficient (Wildman–Crippen LogP) is 3.64. The van der Waals surface area contributed by atoms with Gasteiger partial charge in [0.25, 0.3) is 5.91 Å². The summed E-state index contributed by atoms with van der Waals surface area (Å²) < 4.78 is 10.7. The number of hydroxylamine groups is 4. The second-order valence-electron chi connectivity index (χ2n) is 7.33. The van der Waals surface area contributed by atoms with Crippen molar-refractivity contribution in [2.75, 3.05) is 33.9 Å². The Morgan fingerprint density at radius 3 is 2.37 bits per heavy atom. The maximum Gasteiger partial charge on any atom is 0.513 e. The fourth-order valence-corrected chi connectivity index (χ4v) is 4.33. The third-order valence-corrected chi connectivity index (χ3v) is 6.06. The SMILES string of the molecule is CCOC(=O)OC1=C(c2cc(C)c(Cl)cc2C)C(=O)N(OC)C12CCN(OC)CC2. The van der Waals surface area contributed by atoms with Gasteiger partial charge in [-0.05, 0) is 62.4 Å². The van der Waals surface area contributed by atoms with E-state index in [0.717, 1.165) is 11.1 Å². The van der Waals surface area contributed by atoms with Crippen molar-refractivity contribution in [3.8, 4) is 0 Å². The highest BCUT2D eigenvalue weighted by Crippen LogP contribution is 2.48. The summed E-state index contributed by atoms with van der Waals surface area (Å²) in [6.45, 7) is 6.64. The molecule has 0 atom stereocenters. The summed E-state index contributed by atoms with van der Waals surface area (Å²) in [5.74, 6) is -0.124. The van der Waals surface area contributed by atoms with Crippen LogP contribution in [0.25, 0.3) is 5.57 Å². The Balaban J connectivity index is 2.19. The van der Waals surface area contributed by atoms with E-state index in [1.807, 2.05) is 19.9 Å². The van der Waals surface area contributed by atoms with Gasteiger partial charge in [0.1, 0.15) is 5.54 Å². The van der Waals surface area contributed by atoms with E-state index in [-0.39, 0.29) is 23.8 Å². The lowest BCUT2D eigenvalue weighted by atomic mass is 9.85. The number of nitrogens with zero attached hydrogens (tertiary/aromatic N) is 2. The van der Waals surface area contributed by atoms with E-state index in [2.05, 4.69) is 0 Å². The lowest BCUT2D eigenvalue weighted by molar-refractivity contribution is -0.221. The number of carbonyl (C=O) groups excluding carboxylic acids is 2. The van der Waals surface area contributed by atoms with Gasteiger partial charge in [-0.15, -0.1) is 0 Å². The summed E-state index contributed by atoms with van der Waals surface area (Å²) >= 11 is 6.26. The van der Waals surface area contributed by atoms with Crippen molar-refractivity contribution in [3.05, 3.63) is 39.6 Å². The van der Waals surface area contributed by atoms with Gasteiger partial charge >= 0.3 is 6.16 Å². The fourth-order valence-electron chi connectivity index (χ4n) is 4.11. The van der Waals surface area contributed by atoms with Crippen molar-refractivity contribution in [1.82, 2.24) is 10.1 Å². The molecule has 0 N–H and O–H groups in total. The van der Waals surface area contributed by atoms with E-state index in [1.54, 1.807) is 25.2 Å². The lowest BCUT2D eigenvalue weighted by Gasteiger charge is -2.42. The highest BCUT2D eigenvalue weighted by atomic mass is 35.5. The molecule has 164 valence electrons. The molecule has 1 fully saturated rings. The van der Waals surface area contributed by atoms with Crippen LogP contribution < -0.4 is 0 Å². The molecule has 8 nitrogen and oxygen atoms in total. The zero-order valence-electron chi connectivity index (χ0n) is 17.9. The smallest absolute Gasteiger partial charge is 0.434 e. The highest BCUT2D eigenvalue weighted by Gasteiger charge is 2.56. The number of hydrogen-bond acceptors (Lipinski definition) is 7. The van der Waals surface area contributed by atoms with Crippen LogP contribution in [0.15, 0.2) is 17.9 Å². The van der Waals surface area contributed by atoms with Gasteiger partial charge in [-0.3, -0.25) is 9.63 Å². The standard InChI is InChI=1S/C21H27ClN2O6/c1-6-29-20(26)30-18-17(15-11-14(3)16(22)12-13(15)2)19(25)24(28-5)21(18)7-9-23(27-4)10-8-21/h11-12H,6-10H2,1-5H3. The van der Waals surface area contributed by atoms with Crippen molar-refractivity contribution in [1.29, 1.82) is 0 Å². The Morgan fingerprint density at radius 2 is 1.80 bits per heavy atom. The summed E-state index contributed by atoms with van der Waals surface area (Å²) in [6, 6.07) is 3.63. The van der Waals surface area contributed by atoms with Crippen LogP contribution in [0.4, 0.5) is 4.79 Å². The van der Waals surface area contributed by atoms with Crippen molar-refractivity contribution in [3.63, 3.8) is 0 Å². The van der Waals surface area contributed by atoms with Crippen molar-refractivity contribution >= 4 is 29.2 Å². The highest BCUT2D eigenvalue weighted by molar-refractivity contribution is 6.31. The van der Waals surface area contributed by atoms with Gasteiger partial charge in [-0.1, -0.05) is 11.6 Å². The van der Waals surface area contributed by atoms with Crippen LogP contribution in [-0.2, 0) is 23.9 Å². The molecule has 1 spiro atoms. The topological polar surface area (TPSA) is 77.5 Å². The van der Waals surface area contributed by atoms with Gasteiger partial charge in [0, 0.05) is 18.1 Å². The Labute approximate surface area is 181 Å². The van der Waals surface area contributed by atoms with Crippen molar-refractivity contribution < 1.29 is 28.7 Å². The van der Waals surface area contributed by atoms with E-state index in [9.17, 15) is 9.59 Å². The van der Waals surface area contributed by atoms with Gasteiger partial charge in [0.15, 0.2) is 5.76 Å². The van der Waals surface area contributed by atoms with Gasteiger partial charge in [-0.2, -0.15) is 5.06 Å². The summed E-state index contributed by atoms with van der Waals surface area (Å²) in [5, 5.41) is 3.70. The monoisotopic (exact) mass is 438 g/mol. The number of halogens is 1. The first kappa shape index (κ1) is 22.6. The van der Waals surface area contributed by atoms with Crippen LogP contribution in [0.1, 0.15) is 36.5 Å². The Bertz CT molecular complexity index is 876. The second-order valence-corrected chi connectivity index (χ2v) is 7.74. The molecule has 0 aromatic heterocycles. The molecule has 0 unspecified atom stereocenters. The molecule has 1 amide bonds. The zero-order chi connectivity index (χ0) is 22.1. The van der Waals surface area contributed by atoms with Crippen LogP contribution >= 0.6 is 11.6 Å². The van der Waals surface area contributed by atoms with Gasteiger partial charge in [0.2, 0.25) is 0 Å². The maximum absolute atomic E-state index is 13.5. The molecule has 0 saturated carbocycles. The molecule has 2 heterocycles. The molecule has 0 bridgehead atoms. The first-order valence-corrected chi connectivity index (χ1v) is 10.2. The first-order valence-electron chi connectivity index (χ1n) is 9.83. The number of amides is 1. The molecule has 3 rings (SSSR count). The Hall–Kier alpha value is -2.13. The minimum absolute atomic E-state index is 0.160. The van der Waals surface area contributed by atoms with Gasteiger partial charge < -0.3 is 14.3 Å². The van der Waals surface area contributed by atoms with Crippen LogP contribution in [0.5, 0.6) is 0 Å². The van der Waals surface area contributed by atoms with E-state index >= 15 is 0 Å². The molecule has 1 aromatic rings. The largest absolute Gasteiger partial charge is 0.513 e. The number of hydrogen-bond donors (Lipinski definition) is 0. The average molecular weight is 439 g/mol. The fraction of sp³-hybridized carbons (Fsp3) is 0.524. The minimum atomic E-state index is -0.942. The molecular formula is C21H27ClN2O6. The molecule has 0 radical (unpaired) electrons. The molecule has 1 saturated heterocycles. The van der Waals surface area contributed by atoms with Crippen LogP contribution in [0.2, 0.25) is 5.02 Å².